The Balaban J connectivity index is 1.91. The molecule has 98 valence electrons. The molecule has 0 spiro atoms. The number of nitrogens with zero attached hydrogens (tertiary/aromatic N) is 1. The van der Waals surface area contributed by atoms with Gasteiger partial charge in [-0.3, -0.25) is 4.98 Å². The Kier molecular flexibility index (Phi) is 4.93. The first-order valence-corrected chi connectivity index (χ1v) is 7.13. The largest absolute Gasteiger partial charge is 0.332 e. The average molecular weight is 385 g/mol. The first-order valence-electron chi connectivity index (χ1n) is 5.55. The van der Waals surface area contributed by atoms with Gasteiger partial charge in [-0.25, -0.2) is 4.79 Å². The van der Waals surface area contributed by atoms with E-state index in [9.17, 15) is 4.79 Å². The Labute approximate surface area is 127 Å². The lowest BCUT2D eigenvalue weighted by Crippen LogP contribution is -2.28. The van der Waals surface area contributed by atoms with Crippen LogP contribution in [0.2, 0.25) is 0 Å². The summed E-state index contributed by atoms with van der Waals surface area (Å²) in [4.78, 5) is 15.9. The fourth-order valence-electron chi connectivity index (χ4n) is 1.43. The number of urea groups is 1. The molecule has 0 bridgehead atoms. The first kappa shape index (κ1) is 14.0. The van der Waals surface area contributed by atoms with Gasteiger partial charge in [-0.15, -0.1) is 0 Å². The topological polar surface area (TPSA) is 54.0 Å². The van der Waals surface area contributed by atoms with Crippen LogP contribution < -0.4 is 10.6 Å². The summed E-state index contributed by atoms with van der Waals surface area (Å²) in [6.07, 6.45) is 1.69. The molecule has 0 fully saturated rings. The second-order valence-corrected chi connectivity index (χ2v) is 5.52. The average Bonchev–Trinajstić information content (AvgIpc) is 2.41. The quantitative estimate of drug-likeness (QED) is 0.842. The van der Waals surface area contributed by atoms with Crippen molar-refractivity contribution in [1.29, 1.82) is 0 Å². The van der Waals surface area contributed by atoms with E-state index in [4.69, 9.17) is 0 Å². The molecule has 0 saturated carbocycles. The maximum atomic E-state index is 11.7. The van der Waals surface area contributed by atoms with Gasteiger partial charge in [-0.2, -0.15) is 0 Å². The SMILES string of the molecule is O=C(NCc1ccccn1)Nc1ccc(Br)cc1Br. The van der Waals surface area contributed by atoms with Crippen LogP contribution in [0.1, 0.15) is 5.69 Å². The van der Waals surface area contributed by atoms with Crippen molar-refractivity contribution in [2.45, 2.75) is 6.54 Å². The van der Waals surface area contributed by atoms with Crippen molar-refractivity contribution < 1.29 is 4.79 Å². The van der Waals surface area contributed by atoms with Crippen LogP contribution in [0.25, 0.3) is 0 Å². The summed E-state index contributed by atoms with van der Waals surface area (Å²) in [6.45, 7) is 0.390. The van der Waals surface area contributed by atoms with Gasteiger partial charge in [0.2, 0.25) is 0 Å². The van der Waals surface area contributed by atoms with Crippen LogP contribution in [0.3, 0.4) is 0 Å². The fraction of sp³-hybridized carbons (Fsp3) is 0.0769. The number of halogens is 2. The van der Waals surface area contributed by atoms with Gasteiger partial charge in [-0.1, -0.05) is 22.0 Å². The van der Waals surface area contributed by atoms with Crippen LogP contribution in [0.5, 0.6) is 0 Å². The minimum absolute atomic E-state index is 0.270. The van der Waals surface area contributed by atoms with Gasteiger partial charge < -0.3 is 10.6 Å². The molecule has 1 aromatic heterocycles. The number of carbonyl (C=O) groups is 1. The summed E-state index contributed by atoms with van der Waals surface area (Å²) in [7, 11) is 0. The third kappa shape index (κ3) is 4.33. The number of benzene rings is 1. The third-order valence-corrected chi connectivity index (χ3v) is 3.48. The summed E-state index contributed by atoms with van der Waals surface area (Å²) in [6, 6.07) is 10.8. The molecule has 0 aliphatic rings. The van der Waals surface area contributed by atoms with Crippen LogP contribution >= 0.6 is 31.9 Å². The highest BCUT2D eigenvalue weighted by atomic mass is 79.9. The molecular formula is C13H11Br2N3O. The Hall–Kier alpha value is -1.40. The molecule has 0 saturated heterocycles. The molecule has 0 aliphatic carbocycles. The normalized spacial score (nSPS) is 10.0. The smallest absolute Gasteiger partial charge is 0.319 e. The van der Waals surface area contributed by atoms with E-state index < -0.39 is 0 Å². The van der Waals surface area contributed by atoms with Crippen LogP contribution in [0, 0.1) is 0 Å². The summed E-state index contributed by atoms with van der Waals surface area (Å²) in [5, 5.41) is 5.51. The van der Waals surface area contributed by atoms with E-state index in [0.29, 0.717) is 12.2 Å². The van der Waals surface area contributed by atoms with Crippen molar-refractivity contribution in [3.05, 3.63) is 57.2 Å². The molecular weight excluding hydrogens is 374 g/mol. The Bertz CT molecular complexity index is 575. The van der Waals surface area contributed by atoms with Crippen LogP contribution in [0.15, 0.2) is 51.5 Å². The number of anilines is 1. The zero-order valence-corrected chi connectivity index (χ0v) is 13.0. The molecule has 4 nitrogen and oxygen atoms in total. The van der Waals surface area contributed by atoms with Gasteiger partial charge in [0.05, 0.1) is 17.9 Å². The molecule has 2 rings (SSSR count). The van der Waals surface area contributed by atoms with E-state index in [1.54, 1.807) is 6.20 Å². The number of carbonyl (C=O) groups excluding carboxylic acids is 1. The van der Waals surface area contributed by atoms with Gasteiger partial charge >= 0.3 is 6.03 Å². The van der Waals surface area contributed by atoms with Gasteiger partial charge in [-0.05, 0) is 46.3 Å². The second kappa shape index (κ2) is 6.68. The van der Waals surface area contributed by atoms with E-state index >= 15 is 0 Å². The van der Waals surface area contributed by atoms with Gasteiger partial charge in [0.25, 0.3) is 0 Å². The van der Waals surface area contributed by atoms with Crippen LogP contribution in [-0.2, 0) is 6.54 Å². The van der Waals surface area contributed by atoms with Crippen molar-refractivity contribution in [3.8, 4) is 0 Å². The van der Waals surface area contributed by atoms with E-state index in [-0.39, 0.29) is 6.03 Å². The number of hydrogen-bond acceptors (Lipinski definition) is 2. The maximum absolute atomic E-state index is 11.7. The van der Waals surface area contributed by atoms with Crippen LogP contribution in [-0.4, -0.2) is 11.0 Å². The molecule has 2 amide bonds. The zero-order chi connectivity index (χ0) is 13.7. The van der Waals surface area contributed by atoms with Crippen molar-refractivity contribution in [2.75, 3.05) is 5.32 Å². The molecule has 1 aromatic carbocycles. The molecule has 2 aromatic rings. The molecule has 2 N–H and O–H groups in total. The Morgan fingerprint density at radius 2 is 2.05 bits per heavy atom. The predicted molar refractivity (Wildman–Crippen MR) is 81.9 cm³/mol. The first-order chi connectivity index (χ1) is 9.15. The minimum atomic E-state index is -0.270. The summed E-state index contributed by atoms with van der Waals surface area (Å²) < 4.78 is 1.76. The molecule has 0 radical (unpaired) electrons. The van der Waals surface area contributed by atoms with Crippen molar-refractivity contribution in [3.63, 3.8) is 0 Å². The predicted octanol–water partition coefficient (Wildman–Crippen LogP) is 3.93. The van der Waals surface area contributed by atoms with E-state index in [1.807, 2.05) is 36.4 Å². The van der Waals surface area contributed by atoms with Crippen molar-refractivity contribution in [2.24, 2.45) is 0 Å². The lowest BCUT2D eigenvalue weighted by molar-refractivity contribution is 0.251. The molecule has 19 heavy (non-hydrogen) atoms. The van der Waals surface area contributed by atoms with E-state index in [0.717, 1.165) is 14.6 Å². The Morgan fingerprint density at radius 3 is 2.74 bits per heavy atom. The molecule has 0 unspecified atom stereocenters. The van der Waals surface area contributed by atoms with Crippen molar-refractivity contribution in [1.82, 2.24) is 10.3 Å². The van der Waals surface area contributed by atoms with E-state index in [2.05, 4.69) is 47.5 Å². The number of pyridine rings is 1. The van der Waals surface area contributed by atoms with Crippen LogP contribution in [0.4, 0.5) is 10.5 Å². The monoisotopic (exact) mass is 383 g/mol. The third-order valence-electron chi connectivity index (χ3n) is 2.34. The van der Waals surface area contributed by atoms with Gasteiger partial charge in [0.15, 0.2) is 0 Å². The number of nitrogens with one attached hydrogen (secondary N) is 2. The summed E-state index contributed by atoms with van der Waals surface area (Å²) in [5.41, 5.74) is 1.52. The minimum Gasteiger partial charge on any atom is -0.332 e. The summed E-state index contributed by atoms with van der Waals surface area (Å²) >= 11 is 6.74. The number of aromatic nitrogens is 1. The highest BCUT2D eigenvalue weighted by Crippen LogP contribution is 2.25. The number of hydrogen-bond donors (Lipinski definition) is 2. The molecule has 0 atom stereocenters. The lowest BCUT2D eigenvalue weighted by Gasteiger charge is -2.09. The maximum Gasteiger partial charge on any atom is 0.319 e. The summed E-state index contributed by atoms with van der Waals surface area (Å²) in [5.74, 6) is 0. The van der Waals surface area contributed by atoms with Crippen molar-refractivity contribution >= 4 is 43.6 Å². The van der Waals surface area contributed by atoms with Gasteiger partial charge in [0, 0.05) is 15.1 Å². The number of amides is 2. The standard InChI is InChI=1S/C13H11Br2N3O/c14-9-4-5-12(11(15)7-9)18-13(19)17-8-10-3-1-2-6-16-10/h1-7H,8H2,(H2,17,18,19). The molecule has 1 heterocycles. The highest BCUT2D eigenvalue weighted by molar-refractivity contribution is 9.11. The van der Waals surface area contributed by atoms with E-state index in [1.165, 1.54) is 0 Å². The molecule has 6 heteroatoms. The second-order valence-electron chi connectivity index (χ2n) is 3.75. The molecule has 0 aliphatic heterocycles. The fourth-order valence-corrected chi connectivity index (χ4v) is 2.58. The zero-order valence-electron chi connectivity index (χ0n) is 9.86. The lowest BCUT2D eigenvalue weighted by atomic mass is 10.3. The van der Waals surface area contributed by atoms with Gasteiger partial charge in [0.1, 0.15) is 0 Å². The Morgan fingerprint density at radius 1 is 1.21 bits per heavy atom. The number of rotatable bonds is 3. The highest BCUT2D eigenvalue weighted by Gasteiger charge is 2.05.